The standard InChI is InChI=1S/C20H20N2O3S/c23-18(14-5-2-1-3-6-14)13-22-16-8-10-26-19(16)11-17(22)20(24)21-12-15-7-4-9-25-15/h1-3,5-6,8,10-11,15H,4,7,9,12-13H2,(H,21,24)/t15-/m1/s1. The summed E-state index contributed by atoms with van der Waals surface area (Å²) in [7, 11) is 0. The number of nitrogens with one attached hydrogen (secondary N) is 1. The Morgan fingerprint density at radius 1 is 1.23 bits per heavy atom. The van der Waals surface area contributed by atoms with Gasteiger partial charge >= 0.3 is 0 Å². The molecule has 134 valence electrons. The van der Waals surface area contributed by atoms with Crippen molar-refractivity contribution in [2.75, 3.05) is 13.2 Å². The maximum absolute atomic E-state index is 12.7. The third-order valence-electron chi connectivity index (χ3n) is 4.67. The van der Waals surface area contributed by atoms with E-state index in [4.69, 9.17) is 4.74 Å². The van der Waals surface area contributed by atoms with Crippen LogP contribution in [0.4, 0.5) is 0 Å². The summed E-state index contributed by atoms with van der Waals surface area (Å²) in [4.78, 5) is 25.4. The lowest BCUT2D eigenvalue weighted by atomic mass is 10.1. The molecule has 0 aliphatic carbocycles. The van der Waals surface area contributed by atoms with Crippen molar-refractivity contribution in [3.8, 4) is 0 Å². The van der Waals surface area contributed by atoms with Crippen LogP contribution in [-0.2, 0) is 11.3 Å². The number of nitrogens with zero attached hydrogens (tertiary/aromatic N) is 1. The number of thiophene rings is 1. The molecule has 4 rings (SSSR count). The minimum Gasteiger partial charge on any atom is -0.376 e. The normalized spacial score (nSPS) is 16.8. The summed E-state index contributed by atoms with van der Waals surface area (Å²) in [5.41, 5.74) is 2.09. The van der Waals surface area contributed by atoms with Crippen LogP contribution in [0, 0.1) is 0 Å². The summed E-state index contributed by atoms with van der Waals surface area (Å²) in [6, 6.07) is 13.0. The second-order valence-corrected chi connectivity index (χ2v) is 7.37. The van der Waals surface area contributed by atoms with Gasteiger partial charge in [-0.15, -0.1) is 11.3 Å². The van der Waals surface area contributed by atoms with Gasteiger partial charge in [0.25, 0.3) is 5.91 Å². The average Bonchev–Trinajstić information content (AvgIpc) is 3.39. The van der Waals surface area contributed by atoms with Crippen molar-refractivity contribution >= 4 is 33.2 Å². The topological polar surface area (TPSA) is 60.3 Å². The Kier molecular flexibility index (Phi) is 4.86. The van der Waals surface area contributed by atoms with Crippen LogP contribution < -0.4 is 5.32 Å². The molecule has 1 aliphatic rings. The van der Waals surface area contributed by atoms with Crippen LogP contribution in [0.2, 0.25) is 0 Å². The third kappa shape index (κ3) is 3.43. The van der Waals surface area contributed by atoms with Gasteiger partial charge in [-0.25, -0.2) is 0 Å². The molecule has 0 saturated carbocycles. The molecule has 1 amide bonds. The zero-order chi connectivity index (χ0) is 17.9. The largest absolute Gasteiger partial charge is 0.376 e. The second kappa shape index (κ2) is 7.43. The van der Waals surface area contributed by atoms with E-state index in [1.54, 1.807) is 23.5 Å². The Labute approximate surface area is 155 Å². The number of fused-ring (bicyclic) bond motifs is 1. The lowest BCUT2D eigenvalue weighted by Crippen LogP contribution is -2.33. The molecule has 1 saturated heterocycles. The number of amides is 1. The molecule has 1 aliphatic heterocycles. The first-order valence-electron chi connectivity index (χ1n) is 8.77. The van der Waals surface area contributed by atoms with E-state index >= 15 is 0 Å². The van der Waals surface area contributed by atoms with E-state index in [0.717, 1.165) is 29.7 Å². The van der Waals surface area contributed by atoms with Gasteiger partial charge in [-0.05, 0) is 30.4 Å². The highest BCUT2D eigenvalue weighted by Crippen LogP contribution is 2.26. The highest BCUT2D eigenvalue weighted by molar-refractivity contribution is 7.17. The summed E-state index contributed by atoms with van der Waals surface area (Å²) >= 11 is 1.57. The van der Waals surface area contributed by atoms with Gasteiger partial charge in [0, 0.05) is 18.7 Å². The van der Waals surface area contributed by atoms with Gasteiger partial charge < -0.3 is 14.6 Å². The maximum Gasteiger partial charge on any atom is 0.268 e. The number of carbonyl (C=O) groups excluding carboxylic acids is 2. The molecule has 1 atom stereocenters. The molecule has 6 heteroatoms. The second-order valence-electron chi connectivity index (χ2n) is 6.42. The quantitative estimate of drug-likeness (QED) is 0.678. The smallest absolute Gasteiger partial charge is 0.268 e. The van der Waals surface area contributed by atoms with E-state index in [0.29, 0.717) is 17.8 Å². The molecular weight excluding hydrogens is 348 g/mol. The van der Waals surface area contributed by atoms with Crippen LogP contribution in [0.5, 0.6) is 0 Å². The van der Waals surface area contributed by atoms with Gasteiger partial charge in [0.15, 0.2) is 5.78 Å². The van der Waals surface area contributed by atoms with E-state index in [2.05, 4.69) is 5.32 Å². The van der Waals surface area contributed by atoms with Gasteiger partial charge in [0.1, 0.15) is 5.69 Å². The van der Waals surface area contributed by atoms with Gasteiger partial charge in [0.05, 0.1) is 22.9 Å². The van der Waals surface area contributed by atoms with E-state index in [1.165, 1.54) is 0 Å². The molecular formula is C20H20N2O3S. The van der Waals surface area contributed by atoms with Crippen molar-refractivity contribution in [2.24, 2.45) is 0 Å². The number of hydrogen-bond donors (Lipinski definition) is 1. The zero-order valence-corrected chi connectivity index (χ0v) is 15.1. The van der Waals surface area contributed by atoms with Gasteiger partial charge in [0.2, 0.25) is 0 Å². The first-order chi connectivity index (χ1) is 12.7. The summed E-state index contributed by atoms with van der Waals surface area (Å²) in [6.07, 6.45) is 2.11. The van der Waals surface area contributed by atoms with Crippen LogP contribution in [0.25, 0.3) is 10.2 Å². The minimum atomic E-state index is -0.162. The number of rotatable bonds is 6. The Morgan fingerprint density at radius 3 is 2.85 bits per heavy atom. The van der Waals surface area contributed by atoms with Gasteiger partial charge in [-0.3, -0.25) is 9.59 Å². The van der Waals surface area contributed by atoms with Crippen LogP contribution >= 0.6 is 11.3 Å². The molecule has 0 radical (unpaired) electrons. The van der Waals surface area contributed by atoms with Crippen molar-refractivity contribution < 1.29 is 14.3 Å². The van der Waals surface area contributed by atoms with E-state index in [9.17, 15) is 9.59 Å². The fourth-order valence-electron chi connectivity index (χ4n) is 3.30. The van der Waals surface area contributed by atoms with E-state index in [-0.39, 0.29) is 24.3 Å². The predicted octanol–water partition coefficient (Wildman–Crippen LogP) is 3.49. The number of ether oxygens (including phenoxy) is 1. The Bertz CT molecular complexity index is 923. The number of hydrogen-bond acceptors (Lipinski definition) is 4. The average molecular weight is 368 g/mol. The van der Waals surface area contributed by atoms with Crippen molar-refractivity contribution in [3.63, 3.8) is 0 Å². The fourth-order valence-corrected chi connectivity index (χ4v) is 4.12. The van der Waals surface area contributed by atoms with Gasteiger partial charge in [-0.1, -0.05) is 30.3 Å². The monoisotopic (exact) mass is 368 g/mol. The first-order valence-corrected chi connectivity index (χ1v) is 9.65. The molecule has 0 unspecified atom stereocenters. The molecule has 0 bridgehead atoms. The van der Waals surface area contributed by atoms with Crippen molar-refractivity contribution in [3.05, 3.63) is 59.1 Å². The van der Waals surface area contributed by atoms with Crippen LogP contribution in [0.1, 0.15) is 33.7 Å². The number of benzene rings is 1. The number of ketones is 1. The fraction of sp³-hybridized carbons (Fsp3) is 0.300. The summed E-state index contributed by atoms with van der Waals surface area (Å²) in [5.74, 6) is -0.174. The Morgan fingerprint density at radius 2 is 2.08 bits per heavy atom. The van der Waals surface area contributed by atoms with Crippen LogP contribution in [0.15, 0.2) is 47.8 Å². The molecule has 1 aromatic carbocycles. The highest BCUT2D eigenvalue weighted by atomic mass is 32.1. The number of carbonyl (C=O) groups is 2. The number of Topliss-reactive ketones (excluding diaryl/α,β-unsaturated/α-hetero) is 1. The molecule has 2 aromatic heterocycles. The van der Waals surface area contributed by atoms with Crippen LogP contribution in [-0.4, -0.2) is 35.5 Å². The molecule has 3 heterocycles. The lowest BCUT2D eigenvalue weighted by molar-refractivity contribution is 0.0849. The maximum atomic E-state index is 12.7. The first kappa shape index (κ1) is 17.0. The molecule has 26 heavy (non-hydrogen) atoms. The molecule has 3 aromatic rings. The zero-order valence-electron chi connectivity index (χ0n) is 14.3. The van der Waals surface area contributed by atoms with Crippen molar-refractivity contribution in [1.82, 2.24) is 9.88 Å². The summed E-state index contributed by atoms with van der Waals surface area (Å²) in [5, 5.41) is 4.93. The Hall–Kier alpha value is -2.44. The third-order valence-corrected chi connectivity index (χ3v) is 5.52. The Balaban J connectivity index is 1.56. The van der Waals surface area contributed by atoms with Crippen molar-refractivity contribution in [1.29, 1.82) is 0 Å². The molecule has 5 nitrogen and oxygen atoms in total. The molecule has 1 fully saturated rings. The predicted molar refractivity (Wildman–Crippen MR) is 102 cm³/mol. The van der Waals surface area contributed by atoms with Crippen molar-refractivity contribution in [2.45, 2.75) is 25.5 Å². The summed E-state index contributed by atoms with van der Waals surface area (Å²) in [6.45, 7) is 1.41. The minimum absolute atomic E-state index is 0.0116. The molecule has 1 N–H and O–H groups in total. The van der Waals surface area contributed by atoms with Gasteiger partial charge in [-0.2, -0.15) is 0 Å². The molecule has 0 spiro atoms. The number of aromatic nitrogens is 1. The highest BCUT2D eigenvalue weighted by Gasteiger charge is 2.21. The SMILES string of the molecule is O=C(Cn1c(C(=O)NC[C@H]2CCCO2)cc2sccc21)c1ccccc1. The van der Waals surface area contributed by atoms with E-state index in [1.807, 2.05) is 40.3 Å². The van der Waals surface area contributed by atoms with Crippen LogP contribution in [0.3, 0.4) is 0 Å². The van der Waals surface area contributed by atoms with E-state index < -0.39 is 0 Å². The lowest BCUT2D eigenvalue weighted by Gasteiger charge is -2.13. The summed E-state index contributed by atoms with van der Waals surface area (Å²) < 4.78 is 8.38.